The van der Waals surface area contributed by atoms with Gasteiger partial charge in [-0.05, 0) is 35.6 Å². The first-order valence-electron chi connectivity index (χ1n) is 7.43. The Hall–Kier alpha value is 0.780. The second-order valence-corrected chi connectivity index (χ2v) is 14.2. The van der Waals surface area contributed by atoms with Crippen molar-refractivity contribution in [3.63, 3.8) is 0 Å². The zero-order valence-corrected chi connectivity index (χ0v) is 20.6. The second kappa shape index (κ2) is 9.07. The summed E-state index contributed by atoms with van der Waals surface area (Å²) in [4.78, 5) is 1.32. The Bertz CT molecular complexity index is 832. The van der Waals surface area contributed by atoms with Crippen molar-refractivity contribution in [1.82, 2.24) is 0 Å². The molecule has 3 aliphatic heterocycles. The largest absolute Gasteiger partial charge is 0.497 e. The lowest BCUT2D eigenvalue weighted by Gasteiger charge is -2.13. The summed E-state index contributed by atoms with van der Waals surface area (Å²) in [6, 6.07) is 8.33. The summed E-state index contributed by atoms with van der Waals surface area (Å²) in [7, 11) is 1.71. The second-order valence-electron chi connectivity index (χ2n) is 4.97. The number of ether oxygens (including phenoxy) is 1. The van der Waals surface area contributed by atoms with E-state index < -0.39 is 0 Å². The Morgan fingerprint density at radius 1 is 0.731 bits per heavy atom. The van der Waals surface area contributed by atoms with E-state index in [4.69, 9.17) is 4.74 Å². The van der Waals surface area contributed by atoms with Crippen molar-refractivity contribution < 1.29 is 4.74 Å². The predicted octanol–water partition coefficient (Wildman–Crippen LogP) is 8.54. The van der Waals surface area contributed by atoms with Crippen LogP contribution in [-0.2, 0) is 0 Å². The van der Waals surface area contributed by atoms with E-state index in [-0.39, 0.29) is 0 Å². The Labute approximate surface area is 188 Å². The first kappa shape index (κ1) is 20.1. The third kappa shape index (κ3) is 4.20. The van der Waals surface area contributed by atoms with Gasteiger partial charge in [-0.1, -0.05) is 82.7 Å². The summed E-state index contributed by atoms with van der Waals surface area (Å²) >= 11 is 15.2. The Balaban J connectivity index is 1.47. The summed E-state index contributed by atoms with van der Waals surface area (Å²) in [6.45, 7) is 0. The van der Waals surface area contributed by atoms with E-state index in [1.807, 2.05) is 106 Å². The van der Waals surface area contributed by atoms with Gasteiger partial charge < -0.3 is 4.74 Å². The summed E-state index contributed by atoms with van der Waals surface area (Å²) in [6.07, 6.45) is 4.34. The lowest BCUT2D eigenvalue weighted by Crippen LogP contribution is -1.86. The van der Waals surface area contributed by atoms with E-state index >= 15 is 0 Å². The molecule has 4 rings (SSSR count). The molecular weight excluding hydrogens is 477 g/mol. The van der Waals surface area contributed by atoms with Crippen LogP contribution in [0, 0.1) is 0 Å². The Morgan fingerprint density at radius 2 is 1.31 bits per heavy atom. The van der Waals surface area contributed by atoms with E-state index in [0.717, 1.165) is 5.75 Å². The fourth-order valence-corrected chi connectivity index (χ4v) is 13.1. The summed E-state index contributed by atoms with van der Waals surface area (Å²) < 4.78 is 13.9. The number of benzene rings is 1. The van der Waals surface area contributed by atoms with Crippen molar-refractivity contribution >= 4 is 99.0 Å². The van der Waals surface area contributed by atoms with Gasteiger partial charge in [-0.15, -0.1) is 23.5 Å². The quantitative estimate of drug-likeness (QED) is 0.407. The fourth-order valence-electron chi connectivity index (χ4n) is 2.21. The number of methoxy groups -OCH3 is 1. The molecule has 26 heavy (non-hydrogen) atoms. The highest BCUT2D eigenvalue weighted by Crippen LogP contribution is 2.68. The number of rotatable bonds is 4. The van der Waals surface area contributed by atoms with Crippen LogP contribution in [0.1, 0.15) is 5.56 Å². The molecule has 0 aliphatic carbocycles. The van der Waals surface area contributed by atoms with Crippen LogP contribution >= 0.6 is 94.1 Å². The van der Waals surface area contributed by atoms with E-state index in [0.29, 0.717) is 0 Å². The van der Waals surface area contributed by atoms with Gasteiger partial charge in [0.1, 0.15) is 5.75 Å². The molecule has 136 valence electrons. The summed E-state index contributed by atoms with van der Waals surface area (Å²) in [5.74, 6) is 0.900. The van der Waals surface area contributed by atoms with E-state index in [9.17, 15) is 0 Å². The number of hydrogen-bond donors (Lipinski definition) is 0. The molecule has 0 fully saturated rings. The van der Waals surface area contributed by atoms with Crippen LogP contribution in [0.3, 0.4) is 0 Å². The van der Waals surface area contributed by atoms with E-state index in [1.54, 1.807) is 7.11 Å². The minimum absolute atomic E-state index is 0.900. The average molecular weight is 491 g/mol. The normalized spacial score (nSPS) is 20.0. The number of hydrogen-bond acceptors (Lipinski definition) is 9. The van der Waals surface area contributed by atoms with Gasteiger partial charge in [0, 0.05) is 4.91 Å². The molecule has 3 aliphatic rings. The van der Waals surface area contributed by atoms with Gasteiger partial charge in [-0.25, -0.2) is 0 Å². The maximum Gasteiger partial charge on any atom is 0.118 e. The zero-order chi connectivity index (χ0) is 18.1. The van der Waals surface area contributed by atoms with Gasteiger partial charge in [0.25, 0.3) is 0 Å². The molecule has 0 atom stereocenters. The van der Waals surface area contributed by atoms with E-state index in [1.165, 1.54) is 35.9 Å². The SMILES string of the molecule is COc1ccc(C2=CSC3=C(S2)SC(=C2SC(SC)=C(SC)S2)S3)cc1. The molecule has 3 heterocycles. The maximum absolute atomic E-state index is 5.27. The van der Waals surface area contributed by atoms with E-state index in [2.05, 4.69) is 30.1 Å². The Kier molecular flexibility index (Phi) is 7.00. The lowest BCUT2D eigenvalue weighted by atomic mass is 10.2. The average Bonchev–Trinajstić information content (AvgIpc) is 3.30. The van der Waals surface area contributed by atoms with Gasteiger partial charge in [0.15, 0.2) is 0 Å². The third-order valence-electron chi connectivity index (χ3n) is 3.46. The van der Waals surface area contributed by atoms with Crippen LogP contribution in [0.5, 0.6) is 5.75 Å². The van der Waals surface area contributed by atoms with Gasteiger partial charge in [0.05, 0.1) is 32.5 Å². The van der Waals surface area contributed by atoms with Crippen molar-refractivity contribution in [3.05, 3.63) is 60.7 Å². The van der Waals surface area contributed by atoms with Crippen LogP contribution < -0.4 is 4.74 Å². The molecular formula is C17H14OS8. The summed E-state index contributed by atoms with van der Waals surface area (Å²) in [5.41, 5.74) is 1.25. The highest BCUT2D eigenvalue weighted by Gasteiger charge is 2.32. The number of thioether (sulfide) groups is 8. The minimum Gasteiger partial charge on any atom is -0.497 e. The summed E-state index contributed by atoms with van der Waals surface area (Å²) in [5, 5.41) is 2.28. The highest BCUT2D eigenvalue weighted by atomic mass is 32.3. The molecule has 0 amide bonds. The predicted molar refractivity (Wildman–Crippen MR) is 135 cm³/mol. The Morgan fingerprint density at radius 3 is 1.92 bits per heavy atom. The first-order valence-corrected chi connectivity index (χ1v) is 14.8. The molecule has 0 spiro atoms. The van der Waals surface area contributed by atoms with Gasteiger partial charge in [0.2, 0.25) is 0 Å². The van der Waals surface area contributed by atoms with Gasteiger partial charge >= 0.3 is 0 Å². The smallest absolute Gasteiger partial charge is 0.118 e. The molecule has 9 heteroatoms. The molecule has 0 saturated heterocycles. The van der Waals surface area contributed by atoms with Crippen LogP contribution in [0.2, 0.25) is 0 Å². The van der Waals surface area contributed by atoms with Crippen LogP contribution in [0.25, 0.3) is 4.91 Å². The molecule has 0 aromatic heterocycles. The molecule has 0 unspecified atom stereocenters. The fraction of sp³-hybridized carbons (Fsp3) is 0.176. The molecule has 1 nitrogen and oxygen atoms in total. The van der Waals surface area contributed by atoms with Crippen molar-refractivity contribution in [2.45, 2.75) is 0 Å². The van der Waals surface area contributed by atoms with Crippen LogP contribution in [0.15, 0.2) is 55.1 Å². The molecule has 0 N–H and O–H groups in total. The topological polar surface area (TPSA) is 9.23 Å². The van der Waals surface area contributed by atoms with Crippen LogP contribution in [-0.4, -0.2) is 19.6 Å². The first-order chi connectivity index (χ1) is 12.7. The molecule has 1 aromatic carbocycles. The monoisotopic (exact) mass is 490 g/mol. The van der Waals surface area contributed by atoms with Crippen molar-refractivity contribution in [3.8, 4) is 5.75 Å². The minimum atomic E-state index is 0.900. The van der Waals surface area contributed by atoms with Crippen LogP contribution in [0.4, 0.5) is 0 Å². The molecule has 0 bridgehead atoms. The van der Waals surface area contributed by atoms with Gasteiger partial charge in [-0.2, -0.15) is 0 Å². The third-order valence-corrected chi connectivity index (χ3v) is 14.7. The molecule has 1 aromatic rings. The van der Waals surface area contributed by atoms with Gasteiger partial charge in [-0.3, -0.25) is 0 Å². The highest BCUT2D eigenvalue weighted by molar-refractivity contribution is 8.46. The maximum atomic E-state index is 5.27. The zero-order valence-electron chi connectivity index (χ0n) is 14.1. The lowest BCUT2D eigenvalue weighted by molar-refractivity contribution is 0.415. The van der Waals surface area contributed by atoms with Crippen molar-refractivity contribution in [1.29, 1.82) is 0 Å². The molecule has 0 radical (unpaired) electrons. The molecule has 0 saturated carbocycles. The van der Waals surface area contributed by atoms with Crippen molar-refractivity contribution in [2.24, 2.45) is 0 Å². The standard InChI is InChI=1S/C17H14OS8/c1-18-10-6-4-9(5-7-10)11-8-21-14-15(22-11)26-17(25-14)16-23-12(19-2)13(20-3)24-16/h4-8H,1-3H3. The van der Waals surface area contributed by atoms with Crippen molar-refractivity contribution in [2.75, 3.05) is 19.6 Å².